The fraction of sp³-hybridized carbons (Fsp3) is 0.0172. The third-order valence-corrected chi connectivity index (χ3v) is 14.1. The molecule has 0 atom stereocenters. The van der Waals surface area contributed by atoms with E-state index in [1.54, 1.807) is 0 Å². The molecule has 2 aromatic heterocycles. The van der Waals surface area contributed by atoms with E-state index in [-0.39, 0.29) is 0 Å². The number of fused-ring (bicyclic) bond motifs is 13. The van der Waals surface area contributed by atoms with Crippen molar-refractivity contribution in [3.05, 3.63) is 235 Å². The van der Waals surface area contributed by atoms with E-state index in [0.29, 0.717) is 17.5 Å². The summed E-state index contributed by atoms with van der Waals surface area (Å²) in [6.45, 7) is 0. The van der Waals surface area contributed by atoms with Crippen LogP contribution in [0, 0.1) is 0 Å². The third-order valence-electron chi connectivity index (χ3n) is 13.0. The van der Waals surface area contributed by atoms with Crippen molar-refractivity contribution in [3.63, 3.8) is 0 Å². The van der Waals surface area contributed by atoms with E-state index in [4.69, 9.17) is 15.0 Å². The molecule has 62 heavy (non-hydrogen) atoms. The van der Waals surface area contributed by atoms with Gasteiger partial charge in [0.2, 0.25) is 0 Å². The van der Waals surface area contributed by atoms with Crippen LogP contribution in [0.5, 0.6) is 0 Å². The van der Waals surface area contributed by atoms with Gasteiger partial charge in [0, 0.05) is 36.9 Å². The van der Waals surface area contributed by atoms with E-state index in [2.05, 4.69) is 212 Å². The molecule has 0 aliphatic heterocycles. The Morgan fingerprint density at radius 2 is 0.758 bits per heavy atom. The standard InChI is InChI=1S/C58H35N3S/c1-2-15-36(16-3-1)40-17-4-5-21-46(40)57-60-55(38-31-29-37(30-32-38)41-23-14-28-53-54(41)47-22-9-13-27-52(47)62-53)59-56(61-57)39-33-34-45-44-20-8-12-26-50(44)58(51(45)35-39)48-24-10-6-18-42(48)43-19-7-11-25-49(43)58/h1-35H. The Morgan fingerprint density at radius 1 is 0.290 bits per heavy atom. The van der Waals surface area contributed by atoms with Crippen molar-refractivity contribution < 1.29 is 0 Å². The molecular formula is C58H35N3S. The van der Waals surface area contributed by atoms with Crippen LogP contribution >= 0.6 is 11.3 Å². The zero-order valence-corrected chi connectivity index (χ0v) is 34.3. The minimum atomic E-state index is -0.472. The zero-order valence-electron chi connectivity index (χ0n) is 33.5. The fourth-order valence-corrected chi connectivity index (χ4v) is 11.5. The number of hydrogen-bond acceptors (Lipinski definition) is 4. The molecule has 0 N–H and O–H groups in total. The number of benzene rings is 9. The Kier molecular flexibility index (Phi) is 7.69. The van der Waals surface area contributed by atoms with Crippen LogP contribution in [0.4, 0.5) is 0 Å². The highest BCUT2D eigenvalue weighted by molar-refractivity contribution is 7.25. The molecule has 1 spiro atoms. The van der Waals surface area contributed by atoms with Crippen LogP contribution in [0.1, 0.15) is 22.3 Å². The maximum Gasteiger partial charge on any atom is 0.164 e. The van der Waals surface area contributed by atoms with Crippen molar-refractivity contribution in [2.45, 2.75) is 5.41 Å². The monoisotopic (exact) mass is 805 g/mol. The highest BCUT2D eigenvalue weighted by atomic mass is 32.1. The van der Waals surface area contributed by atoms with Crippen LogP contribution in [-0.4, -0.2) is 15.0 Å². The van der Waals surface area contributed by atoms with Gasteiger partial charge in [0.25, 0.3) is 0 Å². The highest BCUT2D eigenvalue weighted by Gasteiger charge is 2.51. The maximum atomic E-state index is 5.37. The Bertz CT molecular complexity index is 3520. The molecule has 3 nitrogen and oxygen atoms in total. The lowest BCUT2D eigenvalue weighted by molar-refractivity contribution is 0.794. The number of nitrogens with zero attached hydrogens (tertiary/aromatic N) is 3. The van der Waals surface area contributed by atoms with Crippen molar-refractivity contribution in [1.29, 1.82) is 0 Å². The SMILES string of the molecule is c1ccc(-c2ccccc2-c2nc(-c3ccc(-c4cccc5sc6ccccc6c45)cc3)nc(-c3ccc4c(c3)C3(c5ccccc5-c5ccccc53)c3ccccc3-4)n2)cc1. The largest absolute Gasteiger partial charge is 0.208 e. The van der Waals surface area contributed by atoms with Crippen LogP contribution in [-0.2, 0) is 5.41 Å². The van der Waals surface area contributed by atoms with E-state index in [9.17, 15) is 0 Å². The van der Waals surface area contributed by atoms with Gasteiger partial charge in [-0.1, -0.05) is 194 Å². The van der Waals surface area contributed by atoms with Crippen molar-refractivity contribution in [2.24, 2.45) is 0 Å². The van der Waals surface area contributed by atoms with E-state index in [1.807, 2.05) is 11.3 Å². The van der Waals surface area contributed by atoms with E-state index < -0.39 is 5.41 Å². The molecule has 0 saturated heterocycles. The molecule has 0 radical (unpaired) electrons. The first kappa shape index (κ1) is 35.0. The first-order chi connectivity index (χ1) is 30.7. The zero-order chi connectivity index (χ0) is 40.8. The second-order valence-corrected chi connectivity index (χ2v) is 17.3. The molecule has 0 amide bonds. The summed E-state index contributed by atoms with van der Waals surface area (Å²) < 4.78 is 2.59. The predicted molar refractivity (Wildman–Crippen MR) is 256 cm³/mol. The third kappa shape index (κ3) is 5.08. The molecular weight excluding hydrogens is 771 g/mol. The Morgan fingerprint density at radius 3 is 1.45 bits per heavy atom. The first-order valence-corrected chi connectivity index (χ1v) is 21.9. The van der Waals surface area contributed by atoms with Crippen LogP contribution < -0.4 is 0 Å². The van der Waals surface area contributed by atoms with Gasteiger partial charge in [-0.25, -0.2) is 15.0 Å². The molecule has 0 fully saturated rings. The van der Waals surface area contributed by atoms with Gasteiger partial charge in [0.05, 0.1) is 5.41 Å². The molecule has 0 saturated carbocycles. The minimum Gasteiger partial charge on any atom is -0.208 e. The van der Waals surface area contributed by atoms with Gasteiger partial charge in [-0.2, -0.15) is 0 Å². The molecule has 4 heteroatoms. The van der Waals surface area contributed by atoms with E-state index >= 15 is 0 Å². The average Bonchev–Trinajstić information content (AvgIpc) is 3.98. The summed E-state index contributed by atoms with van der Waals surface area (Å²) in [4.78, 5) is 16.0. The number of aromatic nitrogens is 3. The van der Waals surface area contributed by atoms with E-state index in [1.165, 1.54) is 70.2 Å². The predicted octanol–water partition coefficient (Wildman–Crippen LogP) is 14.9. The first-order valence-electron chi connectivity index (χ1n) is 21.1. The summed E-state index contributed by atoms with van der Waals surface area (Å²) >= 11 is 1.85. The molecule has 288 valence electrons. The van der Waals surface area contributed by atoms with Gasteiger partial charge >= 0.3 is 0 Å². The molecule has 2 aliphatic carbocycles. The molecule has 2 heterocycles. The second-order valence-electron chi connectivity index (χ2n) is 16.2. The van der Waals surface area contributed by atoms with Gasteiger partial charge in [-0.05, 0) is 85.0 Å². The van der Waals surface area contributed by atoms with Crippen LogP contribution in [0.25, 0.3) is 98.8 Å². The summed E-state index contributed by atoms with van der Waals surface area (Å²) in [7, 11) is 0. The van der Waals surface area contributed by atoms with Gasteiger partial charge < -0.3 is 0 Å². The molecule has 9 aromatic carbocycles. The maximum absolute atomic E-state index is 5.37. The molecule has 0 bridgehead atoms. The average molecular weight is 806 g/mol. The summed E-state index contributed by atoms with van der Waals surface area (Å²) in [5.41, 5.74) is 17.2. The molecule has 13 rings (SSSR count). The topological polar surface area (TPSA) is 38.7 Å². The summed E-state index contributed by atoms with van der Waals surface area (Å²) in [5.74, 6) is 1.91. The lowest BCUT2D eigenvalue weighted by Gasteiger charge is -2.30. The van der Waals surface area contributed by atoms with Crippen molar-refractivity contribution >= 4 is 31.5 Å². The summed E-state index contributed by atoms with van der Waals surface area (Å²) in [6, 6.07) is 76.6. The molecule has 2 aliphatic rings. The van der Waals surface area contributed by atoms with Gasteiger partial charge in [0.15, 0.2) is 17.5 Å². The van der Waals surface area contributed by atoms with Crippen molar-refractivity contribution in [1.82, 2.24) is 15.0 Å². The summed E-state index contributed by atoms with van der Waals surface area (Å²) in [5, 5.41) is 2.59. The van der Waals surface area contributed by atoms with Crippen LogP contribution in [0.15, 0.2) is 212 Å². The summed E-state index contributed by atoms with van der Waals surface area (Å²) in [6.07, 6.45) is 0. The Hall–Kier alpha value is -7.79. The number of thiophene rings is 1. The van der Waals surface area contributed by atoms with Gasteiger partial charge in [-0.3, -0.25) is 0 Å². The van der Waals surface area contributed by atoms with Crippen molar-refractivity contribution in [3.8, 4) is 78.7 Å². The fourth-order valence-electron chi connectivity index (χ4n) is 10.4. The Balaban J connectivity index is 1.01. The quantitative estimate of drug-likeness (QED) is 0.174. The molecule has 11 aromatic rings. The van der Waals surface area contributed by atoms with Gasteiger partial charge in [0.1, 0.15) is 0 Å². The molecule has 0 unspecified atom stereocenters. The minimum absolute atomic E-state index is 0.472. The van der Waals surface area contributed by atoms with Crippen LogP contribution in [0.3, 0.4) is 0 Å². The Labute approximate surface area is 363 Å². The van der Waals surface area contributed by atoms with Crippen molar-refractivity contribution in [2.75, 3.05) is 0 Å². The van der Waals surface area contributed by atoms with Crippen LogP contribution in [0.2, 0.25) is 0 Å². The number of rotatable bonds is 5. The van der Waals surface area contributed by atoms with Gasteiger partial charge in [-0.15, -0.1) is 11.3 Å². The lowest BCUT2D eigenvalue weighted by atomic mass is 9.70. The van der Waals surface area contributed by atoms with E-state index in [0.717, 1.165) is 33.4 Å². The smallest absolute Gasteiger partial charge is 0.164 e. The normalized spacial score (nSPS) is 13.0. The second kappa shape index (κ2) is 13.6. The lowest BCUT2D eigenvalue weighted by Crippen LogP contribution is -2.25. The highest BCUT2D eigenvalue weighted by Crippen LogP contribution is 2.63. The number of hydrogen-bond donors (Lipinski definition) is 0.